The Labute approximate surface area is 178 Å². The first-order valence-corrected chi connectivity index (χ1v) is 9.75. The Morgan fingerprint density at radius 2 is 1.84 bits per heavy atom. The van der Waals surface area contributed by atoms with Crippen LogP contribution in [0.25, 0.3) is 0 Å². The number of amides is 2. The first kappa shape index (κ1) is 21.9. The van der Waals surface area contributed by atoms with Crippen molar-refractivity contribution in [1.29, 1.82) is 0 Å². The van der Waals surface area contributed by atoms with Gasteiger partial charge in [-0.15, -0.1) is 0 Å². The Balaban J connectivity index is 1.63. The number of halogens is 1. The maximum Gasteiger partial charge on any atom is 0.253 e. The second kappa shape index (κ2) is 9.38. The van der Waals surface area contributed by atoms with Gasteiger partial charge in [0.15, 0.2) is 0 Å². The van der Waals surface area contributed by atoms with Crippen molar-refractivity contribution >= 4 is 11.8 Å². The summed E-state index contributed by atoms with van der Waals surface area (Å²) in [5.74, 6) is -1.12. The molecule has 0 spiro atoms. The summed E-state index contributed by atoms with van der Waals surface area (Å²) in [6.07, 6.45) is 3.18. The van der Waals surface area contributed by atoms with Gasteiger partial charge in [0, 0.05) is 37.6 Å². The van der Waals surface area contributed by atoms with Gasteiger partial charge >= 0.3 is 0 Å². The van der Waals surface area contributed by atoms with Gasteiger partial charge in [-0.25, -0.2) is 4.39 Å². The topological polar surface area (TPSA) is 98.0 Å². The number of pyridine rings is 1. The number of carbonyl (C=O) groups excluding carboxylic acids is 2. The summed E-state index contributed by atoms with van der Waals surface area (Å²) in [6, 6.07) is 8.15. The van der Waals surface area contributed by atoms with Crippen LogP contribution in [0.5, 0.6) is 0 Å². The quantitative estimate of drug-likeness (QED) is 0.604. The lowest BCUT2D eigenvalue weighted by Crippen LogP contribution is -2.34. The van der Waals surface area contributed by atoms with E-state index in [4.69, 9.17) is 0 Å². The smallest absolute Gasteiger partial charge is 0.253 e. The van der Waals surface area contributed by atoms with Crippen molar-refractivity contribution in [2.45, 2.75) is 33.0 Å². The van der Waals surface area contributed by atoms with E-state index < -0.39 is 11.5 Å². The van der Waals surface area contributed by atoms with Crippen molar-refractivity contribution in [3.63, 3.8) is 0 Å². The van der Waals surface area contributed by atoms with Crippen molar-refractivity contribution in [3.05, 3.63) is 87.3 Å². The number of aromatic nitrogens is 3. The second-order valence-electron chi connectivity index (χ2n) is 7.33. The number of nitrogens with zero attached hydrogens (tertiary/aromatic N) is 3. The highest BCUT2D eigenvalue weighted by Crippen LogP contribution is 2.15. The van der Waals surface area contributed by atoms with E-state index in [-0.39, 0.29) is 36.4 Å². The number of benzene rings is 1. The zero-order chi connectivity index (χ0) is 22.5. The summed E-state index contributed by atoms with van der Waals surface area (Å²) >= 11 is 0. The molecule has 9 heteroatoms. The summed E-state index contributed by atoms with van der Waals surface area (Å²) in [5.41, 5.74) is 2.28. The van der Waals surface area contributed by atoms with E-state index in [0.29, 0.717) is 0 Å². The first-order valence-electron chi connectivity index (χ1n) is 9.75. The van der Waals surface area contributed by atoms with Crippen LogP contribution in [0.4, 0.5) is 4.39 Å². The molecule has 1 unspecified atom stereocenters. The average molecular weight is 425 g/mol. The fourth-order valence-corrected chi connectivity index (χ4v) is 3.24. The molecule has 0 saturated carbocycles. The van der Waals surface area contributed by atoms with Crippen LogP contribution in [0.15, 0.2) is 53.6 Å². The minimum Gasteiger partial charge on any atom is -0.348 e. The number of carbonyl (C=O) groups is 2. The molecule has 0 aliphatic rings. The molecule has 0 bridgehead atoms. The molecule has 0 fully saturated rings. The van der Waals surface area contributed by atoms with E-state index >= 15 is 0 Å². The second-order valence-corrected chi connectivity index (χ2v) is 7.33. The van der Waals surface area contributed by atoms with E-state index in [0.717, 1.165) is 16.8 Å². The van der Waals surface area contributed by atoms with Gasteiger partial charge in [-0.1, -0.05) is 12.1 Å². The monoisotopic (exact) mass is 425 g/mol. The molecule has 0 aliphatic heterocycles. The predicted octanol–water partition coefficient (Wildman–Crippen LogP) is 1.84. The average Bonchev–Trinajstić information content (AvgIpc) is 3.07. The molecule has 2 amide bonds. The SMILES string of the molecule is Cc1nn(C)cc1C(C)NC(=O)Cn1cc(C(=O)NCc2ccc(F)cc2)ccc1=O. The molecule has 8 nitrogen and oxygen atoms in total. The van der Waals surface area contributed by atoms with Crippen molar-refractivity contribution < 1.29 is 14.0 Å². The van der Waals surface area contributed by atoms with E-state index in [1.54, 1.807) is 23.9 Å². The number of aryl methyl sites for hydroxylation is 2. The molecule has 3 aromatic rings. The van der Waals surface area contributed by atoms with Crippen LogP contribution in [-0.2, 0) is 24.9 Å². The van der Waals surface area contributed by atoms with E-state index in [1.165, 1.54) is 35.0 Å². The fraction of sp³-hybridized carbons (Fsp3) is 0.273. The lowest BCUT2D eigenvalue weighted by molar-refractivity contribution is -0.122. The van der Waals surface area contributed by atoms with Gasteiger partial charge in [0.25, 0.3) is 11.5 Å². The Kier molecular flexibility index (Phi) is 6.64. The van der Waals surface area contributed by atoms with Crippen LogP contribution in [-0.4, -0.2) is 26.2 Å². The molecule has 31 heavy (non-hydrogen) atoms. The highest BCUT2D eigenvalue weighted by atomic mass is 19.1. The molecular formula is C22H24FN5O3. The maximum absolute atomic E-state index is 13.0. The van der Waals surface area contributed by atoms with Crippen molar-refractivity contribution in [3.8, 4) is 0 Å². The summed E-state index contributed by atoms with van der Waals surface area (Å²) in [6.45, 7) is 3.68. The minimum atomic E-state index is -0.405. The van der Waals surface area contributed by atoms with Crippen LogP contribution >= 0.6 is 0 Å². The molecule has 2 N–H and O–H groups in total. The highest BCUT2D eigenvalue weighted by molar-refractivity contribution is 5.93. The van der Waals surface area contributed by atoms with E-state index in [1.807, 2.05) is 20.0 Å². The molecule has 0 saturated heterocycles. The normalized spacial score (nSPS) is 11.7. The third-order valence-electron chi connectivity index (χ3n) is 4.82. The maximum atomic E-state index is 13.0. The Morgan fingerprint density at radius 1 is 1.13 bits per heavy atom. The Hall–Kier alpha value is -3.75. The zero-order valence-corrected chi connectivity index (χ0v) is 17.6. The lowest BCUT2D eigenvalue weighted by atomic mass is 10.1. The van der Waals surface area contributed by atoms with Crippen LogP contribution in [0, 0.1) is 12.7 Å². The summed E-state index contributed by atoms with van der Waals surface area (Å²) in [5, 5.41) is 9.81. The molecular weight excluding hydrogens is 401 g/mol. The van der Waals surface area contributed by atoms with Gasteiger partial charge in [0.1, 0.15) is 12.4 Å². The summed E-state index contributed by atoms with van der Waals surface area (Å²) < 4.78 is 15.8. The minimum absolute atomic E-state index is 0.209. The van der Waals surface area contributed by atoms with Gasteiger partial charge in [-0.3, -0.25) is 19.1 Å². The molecule has 2 heterocycles. The van der Waals surface area contributed by atoms with Crippen molar-refractivity contribution in [2.24, 2.45) is 7.05 Å². The van der Waals surface area contributed by atoms with Gasteiger partial charge in [-0.2, -0.15) is 5.10 Å². The number of hydrogen-bond donors (Lipinski definition) is 2. The van der Waals surface area contributed by atoms with Gasteiger partial charge < -0.3 is 15.2 Å². The largest absolute Gasteiger partial charge is 0.348 e. The molecule has 3 rings (SSSR count). The Bertz CT molecular complexity index is 1150. The molecule has 2 aromatic heterocycles. The molecule has 1 atom stereocenters. The van der Waals surface area contributed by atoms with Crippen LogP contribution in [0.1, 0.15) is 40.1 Å². The van der Waals surface area contributed by atoms with Crippen molar-refractivity contribution in [2.75, 3.05) is 0 Å². The van der Waals surface area contributed by atoms with Crippen molar-refractivity contribution in [1.82, 2.24) is 25.0 Å². The fourth-order valence-electron chi connectivity index (χ4n) is 3.24. The standard InChI is InChI=1S/C22H24FN5O3/c1-14(19-12-27(3)26-15(19)2)25-20(29)13-28-11-17(6-9-21(28)30)22(31)24-10-16-4-7-18(23)8-5-16/h4-9,11-12,14H,10,13H2,1-3H3,(H,24,31)(H,25,29). The zero-order valence-electron chi connectivity index (χ0n) is 17.6. The van der Waals surface area contributed by atoms with E-state index in [2.05, 4.69) is 15.7 Å². The van der Waals surface area contributed by atoms with Gasteiger partial charge in [-0.05, 0) is 37.6 Å². The van der Waals surface area contributed by atoms with Crippen LogP contribution in [0.3, 0.4) is 0 Å². The highest BCUT2D eigenvalue weighted by Gasteiger charge is 2.16. The number of hydrogen-bond acceptors (Lipinski definition) is 4. The van der Waals surface area contributed by atoms with Gasteiger partial charge in [0.2, 0.25) is 5.91 Å². The number of rotatable bonds is 7. The third kappa shape index (κ3) is 5.65. The third-order valence-corrected chi connectivity index (χ3v) is 4.82. The Morgan fingerprint density at radius 3 is 2.48 bits per heavy atom. The van der Waals surface area contributed by atoms with Crippen LogP contribution < -0.4 is 16.2 Å². The van der Waals surface area contributed by atoms with E-state index in [9.17, 15) is 18.8 Å². The summed E-state index contributed by atoms with van der Waals surface area (Å²) in [4.78, 5) is 37.0. The molecule has 162 valence electrons. The predicted molar refractivity (Wildman–Crippen MR) is 113 cm³/mol. The molecule has 0 radical (unpaired) electrons. The first-order chi connectivity index (χ1) is 14.7. The molecule has 0 aliphatic carbocycles. The molecule has 1 aromatic carbocycles. The number of nitrogens with one attached hydrogen (secondary N) is 2. The van der Waals surface area contributed by atoms with Crippen LogP contribution in [0.2, 0.25) is 0 Å². The summed E-state index contributed by atoms with van der Waals surface area (Å²) in [7, 11) is 1.80. The van der Waals surface area contributed by atoms with Gasteiger partial charge in [0.05, 0.1) is 17.3 Å². The lowest BCUT2D eigenvalue weighted by Gasteiger charge is -2.14.